The Bertz CT molecular complexity index is 531. The van der Waals surface area contributed by atoms with Gasteiger partial charge in [-0.2, -0.15) is 0 Å². The largest absolute Gasteiger partial charge is 0.494 e. The lowest BCUT2D eigenvalue weighted by Crippen LogP contribution is -2.02. The molecule has 0 aliphatic carbocycles. The van der Waals surface area contributed by atoms with Crippen molar-refractivity contribution >= 4 is 0 Å². The smallest absolute Gasteiger partial charge is 0.122 e. The van der Waals surface area contributed by atoms with Gasteiger partial charge in [-0.25, -0.2) is 0 Å². The molecule has 2 aromatic carbocycles. The lowest BCUT2D eigenvalue weighted by atomic mass is 10.00. The van der Waals surface area contributed by atoms with E-state index in [0.717, 1.165) is 23.3 Å². The van der Waals surface area contributed by atoms with Crippen molar-refractivity contribution in [2.24, 2.45) is 0 Å². The van der Waals surface area contributed by atoms with E-state index >= 15 is 0 Å². The molecular weight excluding hydrogens is 248 g/mol. The third-order valence-corrected chi connectivity index (χ3v) is 3.42. The summed E-state index contributed by atoms with van der Waals surface area (Å²) >= 11 is 0. The first-order chi connectivity index (χ1) is 9.70. The number of rotatable bonds is 6. The summed E-state index contributed by atoms with van der Waals surface area (Å²) in [4.78, 5) is 0. The molecule has 0 heterocycles. The van der Waals surface area contributed by atoms with Crippen molar-refractivity contribution in [3.05, 3.63) is 65.2 Å². The molecule has 0 radical (unpaired) electrons. The van der Waals surface area contributed by atoms with Crippen molar-refractivity contribution in [1.29, 1.82) is 0 Å². The number of ether oxygens (including phenoxy) is 1. The van der Waals surface area contributed by atoms with E-state index in [-0.39, 0.29) is 0 Å². The SMILES string of the molecule is CCOc1ccccc1CCC(O)c1ccc(C)cc1. The van der Waals surface area contributed by atoms with Gasteiger partial charge in [-0.1, -0.05) is 48.0 Å². The van der Waals surface area contributed by atoms with Crippen LogP contribution in [0, 0.1) is 6.92 Å². The average Bonchev–Trinajstić information content (AvgIpc) is 2.47. The first kappa shape index (κ1) is 14.6. The molecule has 2 aromatic rings. The molecule has 0 aliphatic rings. The third-order valence-electron chi connectivity index (χ3n) is 3.42. The van der Waals surface area contributed by atoms with E-state index in [1.54, 1.807) is 0 Å². The molecule has 0 aromatic heterocycles. The van der Waals surface area contributed by atoms with E-state index in [2.05, 4.69) is 13.0 Å². The molecule has 1 atom stereocenters. The summed E-state index contributed by atoms with van der Waals surface area (Å²) < 4.78 is 5.61. The molecule has 0 saturated carbocycles. The van der Waals surface area contributed by atoms with Crippen LogP contribution in [0.25, 0.3) is 0 Å². The van der Waals surface area contributed by atoms with Crippen molar-refractivity contribution in [2.75, 3.05) is 6.61 Å². The van der Waals surface area contributed by atoms with Gasteiger partial charge in [-0.05, 0) is 43.9 Å². The van der Waals surface area contributed by atoms with Crippen LogP contribution in [0.15, 0.2) is 48.5 Å². The lowest BCUT2D eigenvalue weighted by Gasteiger charge is -2.13. The van der Waals surface area contributed by atoms with Crippen LogP contribution in [-0.4, -0.2) is 11.7 Å². The second kappa shape index (κ2) is 7.11. The third kappa shape index (κ3) is 3.84. The molecule has 0 fully saturated rings. The van der Waals surface area contributed by atoms with Crippen molar-refractivity contribution in [1.82, 2.24) is 0 Å². The number of aliphatic hydroxyl groups excluding tert-OH is 1. The Labute approximate surface area is 121 Å². The Morgan fingerprint density at radius 2 is 1.75 bits per heavy atom. The monoisotopic (exact) mass is 270 g/mol. The summed E-state index contributed by atoms with van der Waals surface area (Å²) in [6.45, 7) is 4.70. The second-order valence-electron chi connectivity index (χ2n) is 5.01. The molecule has 0 aliphatic heterocycles. The molecule has 106 valence electrons. The highest BCUT2D eigenvalue weighted by molar-refractivity contribution is 5.33. The van der Waals surface area contributed by atoms with Gasteiger partial charge in [-0.15, -0.1) is 0 Å². The van der Waals surface area contributed by atoms with Crippen molar-refractivity contribution in [3.63, 3.8) is 0 Å². The van der Waals surface area contributed by atoms with Crippen molar-refractivity contribution < 1.29 is 9.84 Å². The van der Waals surface area contributed by atoms with Gasteiger partial charge in [-0.3, -0.25) is 0 Å². The molecule has 2 nitrogen and oxygen atoms in total. The van der Waals surface area contributed by atoms with Crippen molar-refractivity contribution in [3.8, 4) is 5.75 Å². The molecule has 0 amide bonds. The molecule has 0 bridgehead atoms. The van der Waals surface area contributed by atoms with Crippen LogP contribution in [-0.2, 0) is 6.42 Å². The van der Waals surface area contributed by atoms with Gasteiger partial charge >= 0.3 is 0 Å². The number of aliphatic hydroxyl groups is 1. The van der Waals surface area contributed by atoms with Gasteiger partial charge in [0.25, 0.3) is 0 Å². The number of hydrogen-bond acceptors (Lipinski definition) is 2. The van der Waals surface area contributed by atoms with Gasteiger partial charge in [0.1, 0.15) is 5.75 Å². The normalized spacial score (nSPS) is 12.2. The fourth-order valence-corrected chi connectivity index (χ4v) is 2.25. The van der Waals surface area contributed by atoms with Crippen LogP contribution in [0.2, 0.25) is 0 Å². The van der Waals surface area contributed by atoms with Crippen molar-refractivity contribution in [2.45, 2.75) is 32.8 Å². The maximum atomic E-state index is 10.3. The number of benzene rings is 2. The molecule has 20 heavy (non-hydrogen) atoms. The number of hydrogen-bond donors (Lipinski definition) is 1. The predicted molar refractivity (Wildman–Crippen MR) is 82.1 cm³/mol. The first-order valence-electron chi connectivity index (χ1n) is 7.16. The van der Waals surface area contributed by atoms with Crippen LogP contribution >= 0.6 is 0 Å². The zero-order valence-corrected chi connectivity index (χ0v) is 12.2. The number of para-hydroxylation sites is 1. The summed E-state index contributed by atoms with van der Waals surface area (Å²) in [6.07, 6.45) is 1.09. The lowest BCUT2D eigenvalue weighted by molar-refractivity contribution is 0.167. The highest BCUT2D eigenvalue weighted by atomic mass is 16.5. The van der Waals surface area contributed by atoms with Crippen LogP contribution in [0.4, 0.5) is 0 Å². The minimum atomic E-state index is -0.426. The first-order valence-corrected chi connectivity index (χ1v) is 7.16. The number of aryl methyl sites for hydroxylation is 2. The van der Waals surface area contributed by atoms with Gasteiger partial charge in [0.2, 0.25) is 0 Å². The predicted octanol–water partition coefficient (Wildman–Crippen LogP) is 4.06. The average molecular weight is 270 g/mol. The summed E-state index contributed by atoms with van der Waals surface area (Å²) in [5.74, 6) is 0.922. The Hall–Kier alpha value is -1.80. The van der Waals surface area contributed by atoms with E-state index in [4.69, 9.17) is 4.74 Å². The highest BCUT2D eigenvalue weighted by Gasteiger charge is 2.09. The molecule has 1 unspecified atom stereocenters. The molecule has 1 N–H and O–H groups in total. The zero-order chi connectivity index (χ0) is 14.4. The van der Waals surface area contributed by atoms with Crippen LogP contribution in [0.1, 0.15) is 36.1 Å². The fourth-order valence-electron chi connectivity index (χ4n) is 2.25. The molecule has 2 rings (SSSR count). The second-order valence-corrected chi connectivity index (χ2v) is 5.01. The van der Waals surface area contributed by atoms with E-state index < -0.39 is 6.10 Å². The minimum absolute atomic E-state index is 0.426. The molecule has 0 spiro atoms. The van der Waals surface area contributed by atoms with E-state index in [0.29, 0.717) is 13.0 Å². The zero-order valence-electron chi connectivity index (χ0n) is 12.2. The maximum absolute atomic E-state index is 10.3. The Kier molecular flexibility index (Phi) is 5.19. The Morgan fingerprint density at radius 1 is 1.05 bits per heavy atom. The topological polar surface area (TPSA) is 29.5 Å². The molecule has 2 heteroatoms. The van der Waals surface area contributed by atoms with E-state index in [9.17, 15) is 5.11 Å². The highest BCUT2D eigenvalue weighted by Crippen LogP contribution is 2.24. The Balaban J connectivity index is 1.99. The molecule has 0 saturated heterocycles. The fraction of sp³-hybridized carbons (Fsp3) is 0.333. The van der Waals surface area contributed by atoms with E-state index in [1.165, 1.54) is 5.56 Å². The van der Waals surface area contributed by atoms with Gasteiger partial charge in [0, 0.05) is 0 Å². The summed E-state index contributed by atoms with van der Waals surface area (Å²) in [7, 11) is 0. The molecular formula is C18H22O2. The maximum Gasteiger partial charge on any atom is 0.122 e. The Morgan fingerprint density at radius 3 is 2.45 bits per heavy atom. The summed E-state index contributed by atoms with van der Waals surface area (Å²) in [6, 6.07) is 16.1. The quantitative estimate of drug-likeness (QED) is 0.857. The van der Waals surface area contributed by atoms with E-state index in [1.807, 2.05) is 49.4 Å². The van der Waals surface area contributed by atoms with Crippen LogP contribution in [0.5, 0.6) is 5.75 Å². The summed E-state index contributed by atoms with van der Waals surface area (Å²) in [5, 5.41) is 10.3. The van der Waals surface area contributed by atoms with Gasteiger partial charge < -0.3 is 9.84 Å². The van der Waals surface area contributed by atoms with Gasteiger partial charge in [0.15, 0.2) is 0 Å². The minimum Gasteiger partial charge on any atom is -0.494 e. The van der Waals surface area contributed by atoms with Gasteiger partial charge in [0.05, 0.1) is 12.7 Å². The summed E-state index contributed by atoms with van der Waals surface area (Å²) in [5.41, 5.74) is 3.34. The van der Waals surface area contributed by atoms with Crippen LogP contribution in [0.3, 0.4) is 0 Å². The van der Waals surface area contributed by atoms with Crippen LogP contribution < -0.4 is 4.74 Å². The standard InChI is InChI=1S/C18H22O2/c1-3-20-18-7-5-4-6-16(18)12-13-17(19)15-10-8-14(2)9-11-15/h4-11,17,19H,3,12-13H2,1-2H3.